The standard InChI is InChI=1S/C31H29ClN2O9S/c1-16(35)39-15-26-29(40-17(2)36)31(42-19(4)38)30(41-18(3)37)28(43-26)20-6-9-25(32)22(11-20)12-24-8-10-27(44-24)21-5-7-23(13-33)34-14-21/h5-11,14,26,28-31H,12,15H2,1-4H3/t26-,28+,29-,30+,31+/m1/s1. The zero-order valence-electron chi connectivity index (χ0n) is 24.3. The van der Waals surface area contributed by atoms with Gasteiger partial charge in [0.1, 0.15) is 30.6 Å². The van der Waals surface area contributed by atoms with Gasteiger partial charge in [0.15, 0.2) is 18.3 Å². The quantitative estimate of drug-likeness (QED) is 0.236. The number of halogens is 1. The van der Waals surface area contributed by atoms with Crippen LogP contribution >= 0.6 is 22.9 Å². The van der Waals surface area contributed by atoms with Crippen molar-refractivity contribution in [2.75, 3.05) is 6.61 Å². The summed E-state index contributed by atoms with van der Waals surface area (Å²) in [5.41, 5.74) is 2.48. The number of rotatable bonds is 9. The maximum atomic E-state index is 12.2. The van der Waals surface area contributed by atoms with Gasteiger partial charge < -0.3 is 23.7 Å². The summed E-state index contributed by atoms with van der Waals surface area (Å²) < 4.78 is 28.1. The van der Waals surface area contributed by atoms with E-state index in [1.807, 2.05) is 24.3 Å². The number of esters is 4. The lowest BCUT2D eigenvalue weighted by molar-refractivity contribution is -0.254. The van der Waals surface area contributed by atoms with Gasteiger partial charge >= 0.3 is 23.9 Å². The Bertz CT molecular complexity index is 1580. The predicted octanol–water partition coefficient (Wildman–Crippen LogP) is 4.72. The summed E-state index contributed by atoms with van der Waals surface area (Å²) in [6.45, 7) is 4.42. The minimum absolute atomic E-state index is 0.322. The minimum Gasteiger partial charge on any atom is -0.463 e. The summed E-state index contributed by atoms with van der Waals surface area (Å²) in [5.74, 6) is -2.69. The largest absolute Gasteiger partial charge is 0.463 e. The zero-order valence-corrected chi connectivity index (χ0v) is 25.8. The average Bonchev–Trinajstić information content (AvgIpc) is 3.43. The van der Waals surface area contributed by atoms with Gasteiger partial charge in [0.2, 0.25) is 0 Å². The summed E-state index contributed by atoms with van der Waals surface area (Å²) in [5, 5.41) is 9.50. The van der Waals surface area contributed by atoms with Gasteiger partial charge in [-0.1, -0.05) is 23.7 Å². The van der Waals surface area contributed by atoms with Gasteiger partial charge in [-0.2, -0.15) is 5.26 Å². The Morgan fingerprint density at radius 1 is 0.909 bits per heavy atom. The molecule has 3 heterocycles. The van der Waals surface area contributed by atoms with Crippen LogP contribution in [-0.4, -0.2) is 59.9 Å². The van der Waals surface area contributed by atoms with E-state index in [-0.39, 0.29) is 6.61 Å². The second kappa shape index (κ2) is 14.4. The molecule has 1 fully saturated rings. The van der Waals surface area contributed by atoms with E-state index in [9.17, 15) is 19.2 Å². The van der Waals surface area contributed by atoms with Crippen LogP contribution in [0.5, 0.6) is 0 Å². The van der Waals surface area contributed by atoms with Gasteiger partial charge in [-0.15, -0.1) is 11.3 Å². The van der Waals surface area contributed by atoms with E-state index in [4.69, 9.17) is 40.5 Å². The molecule has 3 aromatic rings. The van der Waals surface area contributed by atoms with Crippen molar-refractivity contribution >= 4 is 46.8 Å². The Kier molecular flexibility index (Phi) is 10.7. The highest BCUT2D eigenvalue weighted by atomic mass is 35.5. The van der Waals surface area contributed by atoms with Gasteiger partial charge in [0.05, 0.1) is 0 Å². The summed E-state index contributed by atoms with van der Waals surface area (Å²) in [6.07, 6.45) is -3.73. The van der Waals surface area contributed by atoms with Gasteiger partial charge in [0.25, 0.3) is 0 Å². The molecule has 1 aliphatic rings. The van der Waals surface area contributed by atoms with E-state index in [1.165, 1.54) is 39.0 Å². The van der Waals surface area contributed by atoms with Crippen LogP contribution < -0.4 is 0 Å². The monoisotopic (exact) mass is 640 g/mol. The molecule has 5 atom stereocenters. The maximum absolute atomic E-state index is 12.2. The summed E-state index contributed by atoms with van der Waals surface area (Å²) in [7, 11) is 0. The molecule has 1 aliphatic heterocycles. The Labute approximate surface area is 262 Å². The molecule has 0 radical (unpaired) electrons. The summed E-state index contributed by atoms with van der Waals surface area (Å²) in [6, 6.07) is 14.6. The van der Waals surface area contributed by atoms with Crippen LogP contribution in [0, 0.1) is 11.3 Å². The van der Waals surface area contributed by atoms with Crippen LogP contribution in [0.15, 0.2) is 48.7 Å². The lowest BCUT2D eigenvalue weighted by atomic mass is 9.89. The lowest BCUT2D eigenvalue weighted by Crippen LogP contribution is -2.59. The third-order valence-corrected chi connectivity index (χ3v) is 8.08. The first-order valence-corrected chi connectivity index (χ1v) is 14.7. The summed E-state index contributed by atoms with van der Waals surface area (Å²) >= 11 is 8.15. The molecule has 44 heavy (non-hydrogen) atoms. The van der Waals surface area contributed by atoms with E-state index >= 15 is 0 Å². The molecule has 0 bridgehead atoms. The third kappa shape index (κ3) is 8.19. The molecule has 13 heteroatoms. The molecule has 11 nitrogen and oxygen atoms in total. The van der Waals surface area contributed by atoms with Crippen LogP contribution in [0.2, 0.25) is 5.02 Å². The van der Waals surface area contributed by atoms with Crippen LogP contribution in [0.1, 0.15) is 55.5 Å². The minimum atomic E-state index is -1.28. The van der Waals surface area contributed by atoms with Crippen molar-refractivity contribution in [3.8, 4) is 16.5 Å². The van der Waals surface area contributed by atoms with Crippen LogP contribution in [0.3, 0.4) is 0 Å². The second-order valence-electron chi connectivity index (χ2n) is 9.96. The van der Waals surface area contributed by atoms with E-state index in [2.05, 4.69) is 4.98 Å². The van der Waals surface area contributed by atoms with Gasteiger partial charge in [0, 0.05) is 60.7 Å². The predicted molar refractivity (Wildman–Crippen MR) is 157 cm³/mol. The SMILES string of the molecule is CC(=O)OC[C@H]1O[C@@H](c2ccc(Cl)c(Cc3ccc(-c4ccc(C#N)nc4)s3)c2)[C@H](OC(C)=O)[C@@H](OC(C)=O)[C@@H]1OC(C)=O. The Morgan fingerprint density at radius 3 is 2.20 bits per heavy atom. The number of thiophene rings is 1. The molecule has 2 aromatic heterocycles. The normalized spacial score (nSPS) is 21.0. The molecule has 4 rings (SSSR count). The maximum Gasteiger partial charge on any atom is 0.303 e. The van der Waals surface area contributed by atoms with E-state index in [0.717, 1.165) is 20.9 Å². The van der Waals surface area contributed by atoms with Crippen molar-refractivity contribution in [3.05, 3.63) is 75.4 Å². The highest BCUT2D eigenvalue weighted by molar-refractivity contribution is 7.15. The second-order valence-corrected chi connectivity index (χ2v) is 11.5. The van der Waals surface area contributed by atoms with Crippen molar-refractivity contribution in [2.45, 2.75) is 64.6 Å². The first kappa shape index (κ1) is 32.6. The van der Waals surface area contributed by atoms with Crippen molar-refractivity contribution < 1.29 is 42.9 Å². The Morgan fingerprint density at radius 2 is 1.59 bits per heavy atom. The van der Waals surface area contributed by atoms with Crippen molar-refractivity contribution in [1.29, 1.82) is 5.26 Å². The number of hydrogen-bond acceptors (Lipinski definition) is 12. The molecule has 0 unspecified atom stereocenters. The van der Waals surface area contributed by atoms with Gasteiger partial charge in [-0.3, -0.25) is 19.2 Å². The fraction of sp³-hybridized carbons (Fsp3) is 0.355. The molecular weight excluding hydrogens is 612 g/mol. The van der Waals surface area contributed by atoms with E-state index < -0.39 is 54.4 Å². The Balaban J connectivity index is 1.69. The molecule has 1 aromatic carbocycles. The first-order chi connectivity index (χ1) is 20.9. The number of hydrogen-bond donors (Lipinski definition) is 0. The first-order valence-electron chi connectivity index (χ1n) is 13.5. The molecule has 1 saturated heterocycles. The molecule has 0 aliphatic carbocycles. The van der Waals surface area contributed by atoms with Gasteiger partial charge in [-0.05, 0) is 41.5 Å². The number of nitriles is 1. The molecule has 0 N–H and O–H groups in total. The van der Waals surface area contributed by atoms with Crippen molar-refractivity contribution in [3.63, 3.8) is 0 Å². The molecular formula is C31H29ClN2O9S. The van der Waals surface area contributed by atoms with Crippen LogP contribution in [0.4, 0.5) is 0 Å². The number of nitrogens with zero attached hydrogens (tertiary/aromatic N) is 2. The fourth-order valence-corrected chi connectivity index (χ4v) is 6.03. The third-order valence-electron chi connectivity index (χ3n) is 6.58. The van der Waals surface area contributed by atoms with Crippen LogP contribution in [-0.2, 0) is 49.3 Å². The average molecular weight is 641 g/mol. The zero-order chi connectivity index (χ0) is 32.0. The van der Waals surface area contributed by atoms with E-state index in [0.29, 0.717) is 22.7 Å². The number of aromatic nitrogens is 1. The smallest absolute Gasteiger partial charge is 0.303 e. The molecule has 0 amide bonds. The van der Waals surface area contributed by atoms with E-state index in [1.54, 1.807) is 30.5 Å². The Hall–Kier alpha value is -4.31. The highest BCUT2D eigenvalue weighted by Crippen LogP contribution is 2.39. The number of ether oxygens (including phenoxy) is 5. The number of pyridine rings is 1. The lowest BCUT2D eigenvalue weighted by Gasteiger charge is -2.44. The number of benzene rings is 1. The molecule has 0 spiro atoms. The van der Waals surface area contributed by atoms with Gasteiger partial charge in [-0.25, -0.2) is 4.98 Å². The fourth-order valence-electron chi connectivity index (χ4n) is 4.83. The molecule has 230 valence electrons. The number of carbonyl (C=O) groups is 4. The topological polar surface area (TPSA) is 151 Å². The molecule has 0 saturated carbocycles. The summed E-state index contributed by atoms with van der Waals surface area (Å²) in [4.78, 5) is 54.1. The number of carbonyl (C=O) groups excluding carboxylic acids is 4. The van der Waals surface area contributed by atoms with Crippen LogP contribution in [0.25, 0.3) is 10.4 Å². The van der Waals surface area contributed by atoms with Crippen molar-refractivity contribution in [1.82, 2.24) is 4.98 Å². The highest BCUT2D eigenvalue weighted by Gasteiger charge is 2.52. The van der Waals surface area contributed by atoms with Crippen molar-refractivity contribution in [2.24, 2.45) is 0 Å².